The standard InChI is InChI=1S/C24H19N2.Y/c1-18-22-11-7-6-10-20(22)12-14-23(18)24-15-13-21(17-26(24)2)25-16-19-8-4-3-5-9-19;/h3-15H,1-2H3;/q-1;. The summed E-state index contributed by atoms with van der Waals surface area (Å²) in [6.45, 7) is 2.17. The molecule has 1 heterocycles. The predicted octanol–water partition coefficient (Wildman–Crippen LogP) is 5.07. The van der Waals surface area contributed by atoms with Crippen LogP contribution >= 0.6 is 0 Å². The maximum atomic E-state index is 4.42. The van der Waals surface area contributed by atoms with Crippen molar-refractivity contribution in [1.82, 2.24) is 0 Å². The van der Waals surface area contributed by atoms with Gasteiger partial charge in [-0.3, -0.25) is 0 Å². The van der Waals surface area contributed by atoms with Crippen LogP contribution < -0.4 is 4.57 Å². The molecule has 0 aliphatic heterocycles. The number of rotatable bonds is 3. The van der Waals surface area contributed by atoms with E-state index < -0.39 is 0 Å². The number of pyridine rings is 1. The van der Waals surface area contributed by atoms with Gasteiger partial charge in [0.25, 0.3) is 0 Å². The molecule has 0 aliphatic rings. The van der Waals surface area contributed by atoms with E-state index in [1.807, 2.05) is 48.0 Å². The fourth-order valence-corrected chi connectivity index (χ4v) is 3.21. The Bertz CT molecular complexity index is 1100. The second kappa shape index (κ2) is 8.69. The quantitative estimate of drug-likeness (QED) is 0.248. The van der Waals surface area contributed by atoms with Gasteiger partial charge in [-0.15, -0.1) is 35.9 Å². The second-order valence-electron chi connectivity index (χ2n) is 6.32. The number of aryl methyl sites for hydroxylation is 2. The Labute approximate surface area is 185 Å². The van der Waals surface area contributed by atoms with E-state index in [0.29, 0.717) is 0 Å². The molecule has 2 nitrogen and oxygen atoms in total. The summed E-state index contributed by atoms with van der Waals surface area (Å²) >= 11 is 0. The third-order valence-corrected chi connectivity index (χ3v) is 4.60. The van der Waals surface area contributed by atoms with Gasteiger partial charge >= 0.3 is 0 Å². The molecule has 0 aliphatic carbocycles. The van der Waals surface area contributed by atoms with E-state index >= 15 is 0 Å². The van der Waals surface area contributed by atoms with E-state index in [1.54, 1.807) is 0 Å². The number of aromatic nitrogens is 1. The van der Waals surface area contributed by atoms with Gasteiger partial charge in [-0.1, -0.05) is 48.2 Å². The third kappa shape index (κ3) is 4.23. The Morgan fingerprint density at radius 3 is 2.37 bits per heavy atom. The molecule has 3 aromatic carbocycles. The maximum absolute atomic E-state index is 4.42. The molecule has 0 N–H and O–H groups in total. The molecule has 4 aromatic rings. The Morgan fingerprint density at radius 1 is 0.852 bits per heavy atom. The van der Waals surface area contributed by atoms with Gasteiger partial charge in [0.2, 0.25) is 0 Å². The number of nitrogens with zero attached hydrogens (tertiary/aromatic N) is 2. The number of aliphatic imine (C=N–C) groups is 1. The van der Waals surface area contributed by atoms with Crippen LogP contribution in [0.25, 0.3) is 22.0 Å². The molecular weight excluding hydrogens is 405 g/mol. The van der Waals surface area contributed by atoms with Gasteiger partial charge in [-0.2, -0.15) is 6.07 Å². The zero-order valence-electron chi connectivity index (χ0n) is 15.5. The van der Waals surface area contributed by atoms with Gasteiger partial charge in [-0.25, -0.2) is 0 Å². The van der Waals surface area contributed by atoms with Gasteiger partial charge in [0.1, 0.15) is 12.7 Å². The first-order valence-corrected chi connectivity index (χ1v) is 8.65. The Hall–Kier alpha value is -2.16. The smallest absolute Gasteiger partial charge is 0.115 e. The first kappa shape index (κ1) is 19.6. The molecule has 4 rings (SSSR count). The van der Waals surface area contributed by atoms with Crippen LogP contribution in [0.2, 0.25) is 0 Å². The van der Waals surface area contributed by atoms with Crippen LogP contribution in [0.15, 0.2) is 83.9 Å². The summed E-state index contributed by atoms with van der Waals surface area (Å²) in [6.07, 6.45) is 6.37. The minimum atomic E-state index is 0. The summed E-state index contributed by atoms with van der Waals surface area (Å²) in [5, 5.41) is 2.54. The van der Waals surface area contributed by atoms with Crippen LogP contribution in [0, 0.1) is 13.1 Å². The van der Waals surface area contributed by atoms with Gasteiger partial charge in [0, 0.05) is 32.7 Å². The first-order valence-electron chi connectivity index (χ1n) is 8.65. The summed E-state index contributed by atoms with van der Waals surface area (Å²) in [5.74, 6) is 0. The van der Waals surface area contributed by atoms with Gasteiger partial charge in [0.15, 0.2) is 0 Å². The summed E-state index contributed by atoms with van der Waals surface area (Å²) in [4.78, 5) is 4.42. The summed E-state index contributed by atoms with van der Waals surface area (Å²) in [6, 6.07) is 26.8. The van der Waals surface area contributed by atoms with E-state index in [4.69, 9.17) is 0 Å². The fraction of sp³-hybridized carbons (Fsp3) is 0.0833. The van der Waals surface area contributed by atoms with Crippen molar-refractivity contribution in [2.75, 3.05) is 0 Å². The van der Waals surface area contributed by atoms with Crippen LogP contribution in [0.3, 0.4) is 0 Å². The predicted molar refractivity (Wildman–Crippen MR) is 107 cm³/mol. The molecule has 0 saturated heterocycles. The first-order chi connectivity index (χ1) is 12.7. The normalized spacial score (nSPS) is 10.9. The summed E-state index contributed by atoms with van der Waals surface area (Å²) in [7, 11) is 2.01. The fourth-order valence-electron chi connectivity index (χ4n) is 3.21. The number of benzene rings is 3. The van der Waals surface area contributed by atoms with Crippen LogP contribution in [-0.4, -0.2) is 6.21 Å². The maximum Gasteiger partial charge on any atom is 0.115 e. The van der Waals surface area contributed by atoms with E-state index in [1.165, 1.54) is 21.9 Å². The van der Waals surface area contributed by atoms with Crippen molar-refractivity contribution in [1.29, 1.82) is 0 Å². The van der Waals surface area contributed by atoms with E-state index in [2.05, 4.69) is 66.8 Å². The SMILES string of the molecule is Cc1c(-c2ccc(N=[C-]c3ccccc3)[c-][n+]2C)ccc2ccccc12.[Y]. The topological polar surface area (TPSA) is 16.2 Å². The monoisotopic (exact) mass is 424 g/mol. The van der Waals surface area contributed by atoms with E-state index in [9.17, 15) is 0 Å². The van der Waals surface area contributed by atoms with Crippen LogP contribution in [0.1, 0.15) is 11.1 Å². The molecule has 0 spiro atoms. The number of hydrogen-bond donors (Lipinski definition) is 0. The summed E-state index contributed by atoms with van der Waals surface area (Å²) in [5.41, 5.74) is 5.33. The largest absolute Gasteiger partial charge is 0.372 e. The van der Waals surface area contributed by atoms with Gasteiger partial charge in [0.05, 0.1) is 6.20 Å². The van der Waals surface area contributed by atoms with Crippen LogP contribution in [-0.2, 0) is 39.8 Å². The number of hydrogen-bond acceptors (Lipinski definition) is 1. The Balaban J connectivity index is 0.00000210. The van der Waals surface area contributed by atoms with Gasteiger partial charge in [-0.05, 0) is 35.0 Å². The average Bonchev–Trinajstić information content (AvgIpc) is 2.68. The molecule has 3 heteroatoms. The van der Waals surface area contributed by atoms with E-state index in [0.717, 1.165) is 16.9 Å². The second-order valence-corrected chi connectivity index (χ2v) is 6.32. The van der Waals surface area contributed by atoms with Crippen molar-refractivity contribution in [2.24, 2.45) is 12.0 Å². The molecule has 0 bridgehead atoms. The van der Waals surface area contributed by atoms with Crippen molar-refractivity contribution in [3.8, 4) is 11.3 Å². The van der Waals surface area contributed by atoms with Crippen molar-refractivity contribution in [2.45, 2.75) is 6.92 Å². The molecule has 1 aromatic heterocycles. The molecular formula is C24H19N2Y-. The Kier molecular flexibility index (Phi) is 6.31. The van der Waals surface area contributed by atoms with Crippen LogP contribution in [0.5, 0.6) is 0 Å². The number of fused-ring (bicyclic) bond motifs is 1. The van der Waals surface area contributed by atoms with Crippen molar-refractivity contribution >= 4 is 22.7 Å². The minimum Gasteiger partial charge on any atom is -0.372 e. The molecule has 0 unspecified atom stereocenters. The molecule has 27 heavy (non-hydrogen) atoms. The molecule has 0 saturated carbocycles. The van der Waals surface area contributed by atoms with Gasteiger partial charge < -0.3 is 9.56 Å². The zero-order chi connectivity index (χ0) is 17.9. The molecule has 0 atom stereocenters. The minimum absolute atomic E-state index is 0. The van der Waals surface area contributed by atoms with Crippen LogP contribution in [0.4, 0.5) is 5.69 Å². The molecule has 129 valence electrons. The molecule has 1 radical (unpaired) electrons. The average molecular weight is 424 g/mol. The van der Waals surface area contributed by atoms with Crippen molar-refractivity contribution in [3.63, 3.8) is 0 Å². The molecule has 0 fully saturated rings. The van der Waals surface area contributed by atoms with Crippen molar-refractivity contribution < 1.29 is 37.3 Å². The molecule has 0 amide bonds. The zero-order valence-corrected chi connectivity index (χ0v) is 18.3. The summed E-state index contributed by atoms with van der Waals surface area (Å²) < 4.78 is 2.00. The van der Waals surface area contributed by atoms with E-state index in [-0.39, 0.29) is 32.7 Å². The third-order valence-electron chi connectivity index (χ3n) is 4.60. The Morgan fingerprint density at radius 2 is 1.59 bits per heavy atom. The van der Waals surface area contributed by atoms with Crippen molar-refractivity contribution in [3.05, 3.63) is 96.2 Å².